The van der Waals surface area contributed by atoms with Gasteiger partial charge in [-0.1, -0.05) is 25.1 Å². The van der Waals surface area contributed by atoms with E-state index in [0.29, 0.717) is 23.5 Å². The highest BCUT2D eigenvalue weighted by Crippen LogP contribution is 2.35. The number of halogens is 3. The molecule has 0 aromatic heterocycles. The number of nitrogens with one attached hydrogen (secondary N) is 1. The molecule has 0 unspecified atom stereocenters. The minimum atomic E-state index is -4.61. The lowest BCUT2D eigenvalue weighted by atomic mass is 10.0. The molecule has 0 radical (unpaired) electrons. The van der Waals surface area contributed by atoms with Crippen molar-refractivity contribution in [2.45, 2.75) is 32.5 Å². The van der Waals surface area contributed by atoms with Crippen LogP contribution in [0.4, 0.5) is 18.9 Å². The largest absolute Gasteiger partial charge is 0.493 e. The van der Waals surface area contributed by atoms with E-state index in [0.717, 1.165) is 23.1 Å². The lowest BCUT2D eigenvalue weighted by molar-refractivity contribution is -0.137. The van der Waals surface area contributed by atoms with Gasteiger partial charge in [0.15, 0.2) is 16.6 Å². The molecule has 1 heterocycles. The fourth-order valence-electron chi connectivity index (χ4n) is 3.09. The number of nitrogens with zero attached hydrogens (tertiary/aromatic N) is 1. The van der Waals surface area contributed by atoms with Crippen molar-refractivity contribution in [2.24, 2.45) is 0 Å². The summed E-state index contributed by atoms with van der Waals surface area (Å²) in [4.78, 5) is 26.7. The molecular formula is C23H21F3N2O4S. The van der Waals surface area contributed by atoms with Gasteiger partial charge < -0.3 is 9.47 Å². The summed E-state index contributed by atoms with van der Waals surface area (Å²) in [5.74, 6) is -0.897. The SMILES string of the molecule is CC[C@H](C)Oc1c(/C=C2\C(=O)NC(=S)N(c3cccc(C(F)(F)F)c3)C2=O)cccc1OC. The van der Waals surface area contributed by atoms with Crippen molar-refractivity contribution in [1.29, 1.82) is 0 Å². The second kappa shape index (κ2) is 9.62. The number of rotatable bonds is 6. The van der Waals surface area contributed by atoms with E-state index < -0.39 is 23.6 Å². The van der Waals surface area contributed by atoms with Crippen LogP contribution in [0.3, 0.4) is 0 Å². The van der Waals surface area contributed by atoms with Crippen molar-refractivity contribution >= 4 is 40.9 Å². The third kappa shape index (κ3) is 5.16. The molecule has 10 heteroatoms. The summed E-state index contributed by atoms with van der Waals surface area (Å²) < 4.78 is 50.8. The number of ether oxygens (including phenoxy) is 2. The number of alkyl halides is 3. The average Bonchev–Trinajstić information content (AvgIpc) is 2.76. The third-order valence-corrected chi connectivity index (χ3v) is 5.24. The van der Waals surface area contributed by atoms with Gasteiger partial charge in [0, 0.05) is 5.56 Å². The van der Waals surface area contributed by atoms with Gasteiger partial charge >= 0.3 is 6.18 Å². The molecule has 1 fully saturated rings. The van der Waals surface area contributed by atoms with E-state index in [4.69, 9.17) is 21.7 Å². The van der Waals surface area contributed by atoms with Crippen molar-refractivity contribution in [3.63, 3.8) is 0 Å². The highest BCUT2D eigenvalue weighted by molar-refractivity contribution is 7.80. The maximum atomic E-state index is 13.2. The molecule has 6 nitrogen and oxygen atoms in total. The van der Waals surface area contributed by atoms with Crippen molar-refractivity contribution in [3.8, 4) is 11.5 Å². The summed E-state index contributed by atoms with van der Waals surface area (Å²) >= 11 is 5.08. The van der Waals surface area contributed by atoms with Gasteiger partial charge in [-0.2, -0.15) is 13.2 Å². The van der Waals surface area contributed by atoms with Crippen LogP contribution < -0.4 is 19.7 Å². The standard InChI is InChI=1S/C23H21F3N2O4S/c1-4-13(2)32-19-14(7-5-10-18(19)31-3)11-17-20(29)27-22(33)28(21(17)30)16-9-6-8-15(12-16)23(24,25)26/h5-13H,4H2,1-3H3,(H,27,29,33)/b17-11+/t13-/m0/s1. The zero-order valence-electron chi connectivity index (χ0n) is 18.0. The third-order valence-electron chi connectivity index (χ3n) is 4.96. The van der Waals surface area contributed by atoms with Gasteiger partial charge in [-0.3, -0.25) is 19.8 Å². The number of hydrogen-bond donors (Lipinski definition) is 1. The van der Waals surface area contributed by atoms with Crippen LogP contribution in [-0.2, 0) is 15.8 Å². The first kappa shape index (κ1) is 24.2. The van der Waals surface area contributed by atoms with Crippen LogP contribution in [0.1, 0.15) is 31.4 Å². The molecule has 0 bridgehead atoms. The van der Waals surface area contributed by atoms with E-state index in [2.05, 4.69) is 5.32 Å². The van der Waals surface area contributed by atoms with E-state index in [1.54, 1.807) is 18.2 Å². The zero-order chi connectivity index (χ0) is 24.3. The molecule has 2 amide bonds. The number of anilines is 1. The number of amides is 2. The second-order valence-corrected chi connectivity index (χ2v) is 7.61. The van der Waals surface area contributed by atoms with Gasteiger partial charge in [0.05, 0.1) is 24.5 Å². The Balaban J connectivity index is 2.07. The predicted octanol–water partition coefficient (Wildman–Crippen LogP) is 4.72. The second-order valence-electron chi connectivity index (χ2n) is 7.22. The van der Waals surface area contributed by atoms with Gasteiger partial charge in [0.1, 0.15) is 5.57 Å². The molecule has 1 N–H and O–H groups in total. The van der Waals surface area contributed by atoms with Crippen LogP contribution in [0, 0.1) is 0 Å². The average molecular weight is 478 g/mol. The minimum Gasteiger partial charge on any atom is -0.493 e. The van der Waals surface area contributed by atoms with E-state index in [1.807, 2.05) is 13.8 Å². The first-order valence-electron chi connectivity index (χ1n) is 9.99. The molecule has 1 atom stereocenters. The van der Waals surface area contributed by atoms with E-state index >= 15 is 0 Å². The summed E-state index contributed by atoms with van der Waals surface area (Å²) in [7, 11) is 1.46. The molecular weight excluding hydrogens is 457 g/mol. The molecule has 3 rings (SSSR count). The molecule has 174 valence electrons. The molecule has 1 aliphatic heterocycles. The van der Waals surface area contributed by atoms with Crippen molar-refractivity contribution < 1.29 is 32.2 Å². The fraction of sp³-hybridized carbons (Fsp3) is 0.261. The molecule has 0 spiro atoms. The molecule has 2 aromatic rings. The maximum Gasteiger partial charge on any atom is 0.416 e. The first-order valence-corrected chi connectivity index (χ1v) is 10.4. The summed E-state index contributed by atoms with van der Waals surface area (Å²) in [6.45, 7) is 3.79. The van der Waals surface area contributed by atoms with Crippen LogP contribution in [-0.4, -0.2) is 30.1 Å². The summed E-state index contributed by atoms with van der Waals surface area (Å²) in [5.41, 5.74) is -0.990. The van der Waals surface area contributed by atoms with Crippen LogP contribution in [0.25, 0.3) is 6.08 Å². The van der Waals surface area contributed by atoms with Crippen LogP contribution >= 0.6 is 12.2 Å². The highest BCUT2D eigenvalue weighted by atomic mass is 32.1. The molecule has 1 aliphatic rings. The first-order chi connectivity index (χ1) is 15.6. The monoisotopic (exact) mass is 478 g/mol. The number of methoxy groups -OCH3 is 1. The number of carbonyl (C=O) groups is 2. The summed E-state index contributed by atoms with van der Waals surface area (Å²) in [5, 5.41) is 2.05. The smallest absolute Gasteiger partial charge is 0.416 e. The lowest BCUT2D eigenvalue weighted by Crippen LogP contribution is -2.54. The minimum absolute atomic E-state index is 0.118. The zero-order valence-corrected chi connectivity index (χ0v) is 18.8. The van der Waals surface area contributed by atoms with E-state index in [-0.39, 0.29) is 22.5 Å². The molecule has 0 aliphatic carbocycles. The fourth-order valence-corrected chi connectivity index (χ4v) is 3.37. The Kier molecular flexibility index (Phi) is 7.06. The van der Waals surface area contributed by atoms with Crippen LogP contribution in [0.15, 0.2) is 48.0 Å². The normalized spacial score (nSPS) is 16.6. The van der Waals surface area contributed by atoms with Gasteiger partial charge in [-0.05, 0) is 55.9 Å². The van der Waals surface area contributed by atoms with Gasteiger partial charge in [0.25, 0.3) is 11.8 Å². The predicted molar refractivity (Wildman–Crippen MR) is 121 cm³/mol. The maximum absolute atomic E-state index is 13.2. The number of hydrogen-bond acceptors (Lipinski definition) is 5. The Morgan fingerprint density at radius 3 is 2.52 bits per heavy atom. The Morgan fingerprint density at radius 1 is 1.18 bits per heavy atom. The Hall–Kier alpha value is -3.40. The van der Waals surface area contributed by atoms with Gasteiger partial charge in [-0.25, -0.2) is 0 Å². The van der Waals surface area contributed by atoms with Crippen LogP contribution in [0.2, 0.25) is 0 Å². The Morgan fingerprint density at radius 2 is 1.88 bits per heavy atom. The Bertz CT molecular complexity index is 1130. The summed E-state index contributed by atoms with van der Waals surface area (Å²) in [6.07, 6.45) is -2.78. The molecule has 0 saturated carbocycles. The van der Waals surface area contributed by atoms with Crippen molar-refractivity contribution in [1.82, 2.24) is 5.32 Å². The van der Waals surface area contributed by atoms with Crippen molar-refractivity contribution in [3.05, 3.63) is 59.2 Å². The van der Waals surface area contributed by atoms with Gasteiger partial charge in [-0.15, -0.1) is 0 Å². The quantitative estimate of drug-likeness (QED) is 0.370. The number of benzene rings is 2. The molecule has 1 saturated heterocycles. The van der Waals surface area contributed by atoms with Crippen molar-refractivity contribution in [2.75, 3.05) is 12.0 Å². The number of thiocarbonyl (C=S) groups is 1. The van der Waals surface area contributed by atoms with E-state index in [9.17, 15) is 22.8 Å². The Labute approximate surface area is 194 Å². The summed E-state index contributed by atoms with van der Waals surface area (Å²) in [6, 6.07) is 9.11. The highest BCUT2D eigenvalue weighted by Gasteiger charge is 2.37. The van der Waals surface area contributed by atoms with E-state index in [1.165, 1.54) is 19.3 Å². The lowest BCUT2D eigenvalue weighted by Gasteiger charge is -2.29. The molecule has 2 aromatic carbocycles. The number of carbonyl (C=O) groups excluding carboxylic acids is 2. The molecule has 33 heavy (non-hydrogen) atoms. The van der Waals surface area contributed by atoms with Crippen LogP contribution in [0.5, 0.6) is 11.5 Å². The topological polar surface area (TPSA) is 67.9 Å². The number of para-hydroxylation sites is 1. The van der Waals surface area contributed by atoms with Gasteiger partial charge in [0.2, 0.25) is 0 Å².